The van der Waals surface area contributed by atoms with Crippen LogP contribution in [0.2, 0.25) is 19.6 Å². The molecule has 49 heavy (non-hydrogen) atoms. The van der Waals surface area contributed by atoms with Gasteiger partial charge in [-0.25, -0.2) is 0 Å². The maximum Gasteiger partial charge on any atom is 0.121 e. The summed E-state index contributed by atoms with van der Waals surface area (Å²) in [6.45, 7) is 13.2. The summed E-state index contributed by atoms with van der Waals surface area (Å²) in [6, 6.07) is 33.4. The first-order valence-electron chi connectivity index (χ1n) is 19.8. The Morgan fingerprint density at radius 2 is 1.63 bits per heavy atom. The normalized spacial score (nSPS) is 14.7. The van der Waals surface area contributed by atoms with Crippen molar-refractivity contribution in [3.8, 4) is 22.5 Å². The van der Waals surface area contributed by atoms with Gasteiger partial charge >= 0.3 is 0 Å². The molecule has 0 bridgehead atoms. The first kappa shape index (κ1) is 27.9. The number of benzene rings is 4. The third-order valence-electron chi connectivity index (χ3n) is 8.14. The Hall–Kier alpha value is -3.89. The van der Waals surface area contributed by atoms with E-state index in [1.165, 1.54) is 11.3 Å². The summed E-state index contributed by atoms with van der Waals surface area (Å²) in [5, 5.41) is 5.15. The van der Waals surface area contributed by atoms with E-state index in [0.29, 0.717) is 16.7 Å². The molecule has 0 unspecified atom stereocenters. The Morgan fingerprint density at radius 1 is 0.898 bits per heavy atom. The number of nitrogens with zero attached hydrogens (tertiary/aromatic N) is 2. The van der Waals surface area contributed by atoms with E-state index in [0.717, 1.165) is 38.4 Å². The molecule has 7 rings (SSSR count). The number of furan rings is 1. The van der Waals surface area contributed by atoms with E-state index in [1.54, 1.807) is 26.8 Å². The van der Waals surface area contributed by atoms with Gasteiger partial charge in [0.05, 0.1) is 15.0 Å². The number of fused-ring (bicyclic) bond motifs is 4. The monoisotopic (exact) mass is 846 g/mol. The van der Waals surface area contributed by atoms with Gasteiger partial charge in [0, 0.05) is 46.1 Å². The SMILES string of the molecule is [2H]C(C)(C)c1cc(-c2[c-]cccc2)ncc1[Si](C)(C)C.[2H]c1nc(-c2[c-]ccc3c2oc2cc4ccccc4cc23)cc(C([2H])([2H])C(C)(C)C)c1C([2H])([2H])[2H].[Ir]. The van der Waals surface area contributed by atoms with Gasteiger partial charge in [0.2, 0.25) is 0 Å². The van der Waals surface area contributed by atoms with E-state index >= 15 is 0 Å². The van der Waals surface area contributed by atoms with Crippen LogP contribution in [-0.4, -0.2) is 18.0 Å². The summed E-state index contributed by atoms with van der Waals surface area (Å²) in [5.74, 6) is -0.609. The van der Waals surface area contributed by atoms with Gasteiger partial charge < -0.3 is 14.4 Å². The molecule has 0 N–H and O–H groups in total. The molecule has 0 amide bonds. The quantitative estimate of drug-likeness (QED) is 0.128. The fourth-order valence-corrected chi connectivity index (χ4v) is 7.41. The molecule has 4 aromatic carbocycles. The van der Waals surface area contributed by atoms with Crippen molar-refractivity contribution in [2.75, 3.05) is 0 Å². The molecule has 0 aliphatic rings. The van der Waals surface area contributed by atoms with E-state index in [1.807, 2.05) is 80.7 Å². The van der Waals surface area contributed by atoms with Crippen molar-refractivity contribution in [3.05, 3.63) is 126 Å². The Morgan fingerprint density at radius 3 is 2.29 bits per heavy atom. The van der Waals surface area contributed by atoms with Crippen LogP contribution in [-0.2, 0) is 26.5 Å². The second kappa shape index (κ2) is 14.5. The molecule has 253 valence electrons. The smallest absolute Gasteiger partial charge is 0.121 e. The predicted molar refractivity (Wildman–Crippen MR) is 207 cm³/mol. The van der Waals surface area contributed by atoms with Gasteiger partial charge in [0.1, 0.15) is 5.58 Å². The number of hydrogen-bond donors (Lipinski definition) is 0. The molecule has 0 aliphatic heterocycles. The topological polar surface area (TPSA) is 38.9 Å². The second-order valence-electron chi connectivity index (χ2n) is 14.5. The van der Waals surface area contributed by atoms with Gasteiger partial charge in [0.15, 0.2) is 0 Å². The van der Waals surface area contributed by atoms with Crippen LogP contribution in [0.1, 0.15) is 66.8 Å². The van der Waals surface area contributed by atoms with Gasteiger partial charge in [-0.1, -0.05) is 113 Å². The molecular formula is C44H46IrN2OSi-2. The van der Waals surface area contributed by atoms with Crippen LogP contribution in [0.5, 0.6) is 0 Å². The molecule has 0 saturated carbocycles. The van der Waals surface area contributed by atoms with E-state index in [9.17, 15) is 0 Å². The number of rotatable bonds is 5. The predicted octanol–water partition coefficient (Wildman–Crippen LogP) is 11.7. The van der Waals surface area contributed by atoms with Gasteiger partial charge in [-0.2, -0.15) is 0 Å². The first-order chi connectivity index (χ1) is 25.5. The van der Waals surface area contributed by atoms with Gasteiger partial charge in [-0.3, -0.25) is 0 Å². The van der Waals surface area contributed by atoms with Gasteiger partial charge in [-0.15, -0.1) is 54.1 Å². The molecule has 3 nitrogen and oxygen atoms in total. The summed E-state index contributed by atoms with van der Waals surface area (Å²) in [7, 11) is -1.50. The molecule has 1 radical (unpaired) electrons. The minimum absolute atomic E-state index is 0. The summed E-state index contributed by atoms with van der Waals surface area (Å²) < 4.78 is 64.7. The van der Waals surface area contributed by atoms with E-state index in [2.05, 4.69) is 53.9 Å². The van der Waals surface area contributed by atoms with Crippen LogP contribution in [0, 0.1) is 24.4 Å². The minimum Gasteiger partial charge on any atom is -0.501 e. The Kier molecular flexibility index (Phi) is 8.27. The molecule has 0 aliphatic carbocycles. The van der Waals surface area contributed by atoms with Crippen molar-refractivity contribution in [2.45, 2.75) is 73.4 Å². The summed E-state index contributed by atoms with van der Waals surface area (Å²) in [4.78, 5) is 8.90. The summed E-state index contributed by atoms with van der Waals surface area (Å²) in [5.41, 5.74) is 3.54. The van der Waals surface area contributed by atoms with Crippen LogP contribution < -0.4 is 5.19 Å². The number of pyridine rings is 2. The van der Waals surface area contributed by atoms with E-state index in [4.69, 9.17) is 14.0 Å². The molecule has 0 atom stereocenters. The largest absolute Gasteiger partial charge is 0.501 e. The van der Waals surface area contributed by atoms with Crippen molar-refractivity contribution in [3.63, 3.8) is 0 Å². The minimum atomic E-state index is -2.69. The summed E-state index contributed by atoms with van der Waals surface area (Å²) in [6.07, 6.45) is -0.532. The van der Waals surface area contributed by atoms with Crippen molar-refractivity contribution in [1.29, 1.82) is 0 Å². The molecule has 0 fully saturated rings. The molecule has 7 aromatic rings. The van der Waals surface area contributed by atoms with Gasteiger partial charge in [-0.05, 0) is 69.6 Å². The molecular weight excluding hydrogens is 793 g/mol. The van der Waals surface area contributed by atoms with Crippen molar-refractivity contribution < 1.29 is 34.1 Å². The Balaban J connectivity index is 0.000000244. The average Bonchev–Trinajstić information content (AvgIpc) is 3.46. The fraction of sp³-hybridized carbons (Fsp3) is 0.273. The second-order valence-corrected chi connectivity index (χ2v) is 19.5. The van der Waals surface area contributed by atoms with Crippen LogP contribution in [0.25, 0.3) is 55.2 Å². The van der Waals surface area contributed by atoms with Crippen molar-refractivity contribution in [2.24, 2.45) is 5.41 Å². The zero-order valence-electron chi connectivity index (χ0n) is 36.3. The molecule has 3 aromatic heterocycles. The number of aromatic nitrogens is 2. The third kappa shape index (κ3) is 8.12. The van der Waals surface area contributed by atoms with Crippen LogP contribution in [0.15, 0.2) is 102 Å². The van der Waals surface area contributed by atoms with Gasteiger partial charge in [0.25, 0.3) is 0 Å². The molecule has 0 saturated heterocycles. The Bertz CT molecular complexity index is 2530. The van der Waals surface area contributed by atoms with Crippen LogP contribution >= 0.6 is 0 Å². The zero-order chi connectivity index (χ0) is 40.3. The van der Waals surface area contributed by atoms with Crippen LogP contribution in [0.4, 0.5) is 0 Å². The molecule has 3 heterocycles. The van der Waals surface area contributed by atoms with Crippen LogP contribution in [0.3, 0.4) is 0 Å². The Labute approximate surface area is 316 Å². The zero-order valence-corrected chi connectivity index (χ0v) is 32.7. The standard InChI is InChI=1S/C27H24NO.C17H22NSi.Ir/c1-17-16-28-24(13-20(17)15-27(2,3)4)22-11-7-10-21-23-12-18-8-5-6-9-19(18)14-25(23)29-26(21)22;1-13(2)15-11-16(14-9-7-6-8-10-14)18-12-17(15)19(3,4)5;/h5-10,12-14,16H,15H2,1-4H3;6-9,11-13H,1-5H3;/q2*-1;/i1D3,15D2,16D;13D;. The first-order valence-corrected chi connectivity index (χ1v) is 19.8. The maximum absolute atomic E-state index is 8.80. The van der Waals surface area contributed by atoms with E-state index in [-0.39, 0.29) is 36.9 Å². The summed E-state index contributed by atoms with van der Waals surface area (Å²) >= 11 is 0. The molecule has 0 spiro atoms. The van der Waals surface area contributed by atoms with Crippen molar-refractivity contribution >= 4 is 46.0 Å². The van der Waals surface area contributed by atoms with Crippen molar-refractivity contribution in [1.82, 2.24) is 9.97 Å². The van der Waals surface area contributed by atoms with E-state index < -0.39 is 38.8 Å². The molecule has 5 heteroatoms. The average molecular weight is 846 g/mol. The maximum atomic E-state index is 8.80. The number of hydrogen-bond acceptors (Lipinski definition) is 3. The third-order valence-corrected chi connectivity index (χ3v) is 10.2. The fourth-order valence-electron chi connectivity index (χ4n) is 5.83.